The molecule has 0 saturated heterocycles. The van der Waals surface area contributed by atoms with Crippen LogP contribution in [0.25, 0.3) is 11.3 Å². The third-order valence-corrected chi connectivity index (χ3v) is 7.08. The van der Waals surface area contributed by atoms with E-state index in [1.807, 2.05) is 50.6 Å². The topological polar surface area (TPSA) is 140 Å². The summed E-state index contributed by atoms with van der Waals surface area (Å²) in [6, 6.07) is 11.1. The second kappa shape index (κ2) is 10.5. The Morgan fingerprint density at radius 3 is 2.34 bits per heavy atom. The SMILES string of the molecule is COc1ncc(-c2ccc(C(=O)NS(=O)(=O)c3ccc[nH]c3=O)c(Oc3c(C)cc(C)cc3C)n2)cc1C.[HH].[HH]. The summed E-state index contributed by atoms with van der Waals surface area (Å²) >= 11 is 0. The number of methoxy groups -OCH3 is 1. The maximum Gasteiger partial charge on any atom is 0.270 e. The average molecular weight is 539 g/mol. The molecule has 2 N–H and O–H groups in total. The number of amides is 1. The van der Waals surface area contributed by atoms with Crippen molar-refractivity contribution in [3.8, 4) is 28.8 Å². The van der Waals surface area contributed by atoms with E-state index >= 15 is 0 Å². The van der Waals surface area contributed by atoms with Crippen LogP contribution in [0.2, 0.25) is 0 Å². The molecule has 4 aromatic rings. The number of benzene rings is 1. The molecule has 0 unspecified atom stereocenters. The Labute approximate surface area is 222 Å². The van der Waals surface area contributed by atoms with E-state index in [9.17, 15) is 18.0 Å². The maximum absolute atomic E-state index is 13.2. The lowest BCUT2D eigenvalue weighted by molar-refractivity contribution is 0.0978. The molecule has 0 radical (unpaired) electrons. The highest BCUT2D eigenvalue weighted by atomic mass is 32.2. The van der Waals surface area contributed by atoms with E-state index in [0.717, 1.165) is 28.3 Å². The number of nitrogens with zero attached hydrogens (tertiary/aromatic N) is 2. The number of hydrogen-bond donors (Lipinski definition) is 2. The number of carbonyl (C=O) groups excluding carboxylic acids is 1. The number of aryl methyl sites for hydroxylation is 4. The Kier molecular flexibility index (Phi) is 7.31. The zero-order chi connectivity index (χ0) is 27.6. The van der Waals surface area contributed by atoms with Crippen LogP contribution in [0.15, 0.2) is 64.5 Å². The number of aromatic amines is 1. The number of rotatable bonds is 7. The first-order valence-corrected chi connectivity index (χ1v) is 13.0. The van der Waals surface area contributed by atoms with Crippen LogP contribution in [0.5, 0.6) is 17.5 Å². The Morgan fingerprint density at radius 1 is 1.00 bits per heavy atom. The molecule has 1 amide bonds. The zero-order valence-electron chi connectivity index (χ0n) is 21.4. The van der Waals surface area contributed by atoms with Gasteiger partial charge in [0.25, 0.3) is 21.5 Å². The van der Waals surface area contributed by atoms with E-state index in [-0.39, 0.29) is 14.3 Å². The summed E-state index contributed by atoms with van der Waals surface area (Å²) in [5, 5.41) is 0. The third-order valence-electron chi connectivity index (χ3n) is 5.73. The van der Waals surface area contributed by atoms with E-state index in [2.05, 4.69) is 15.0 Å². The molecule has 0 aliphatic carbocycles. The molecule has 0 spiro atoms. The molecule has 3 aromatic heterocycles. The molecular formula is C27H30N4O6S. The lowest BCUT2D eigenvalue weighted by atomic mass is 10.1. The number of aromatic nitrogens is 3. The summed E-state index contributed by atoms with van der Waals surface area (Å²) in [4.78, 5) is 35.8. The molecule has 11 heteroatoms. The molecule has 0 saturated carbocycles. The second-order valence-corrected chi connectivity index (χ2v) is 10.4. The summed E-state index contributed by atoms with van der Waals surface area (Å²) < 4.78 is 38.9. The number of pyridine rings is 3. The van der Waals surface area contributed by atoms with Crippen LogP contribution in [0.4, 0.5) is 0 Å². The molecular weight excluding hydrogens is 508 g/mol. The van der Waals surface area contributed by atoms with Crippen LogP contribution in [0.3, 0.4) is 0 Å². The van der Waals surface area contributed by atoms with E-state index in [4.69, 9.17) is 9.47 Å². The fourth-order valence-corrected chi connectivity index (χ4v) is 5.07. The van der Waals surface area contributed by atoms with Gasteiger partial charge >= 0.3 is 0 Å². The summed E-state index contributed by atoms with van der Waals surface area (Å²) in [5.41, 5.74) is 3.53. The lowest BCUT2D eigenvalue weighted by Gasteiger charge is -2.16. The van der Waals surface area contributed by atoms with Gasteiger partial charge in [-0.05, 0) is 69.2 Å². The van der Waals surface area contributed by atoms with Gasteiger partial charge in [0.1, 0.15) is 11.3 Å². The van der Waals surface area contributed by atoms with Crippen molar-refractivity contribution in [3.05, 3.63) is 93.0 Å². The van der Waals surface area contributed by atoms with Crippen molar-refractivity contribution in [3.63, 3.8) is 0 Å². The van der Waals surface area contributed by atoms with Gasteiger partial charge in [0, 0.05) is 26.4 Å². The van der Waals surface area contributed by atoms with Crippen molar-refractivity contribution in [2.45, 2.75) is 32.6 Å². The first-order valence-electron chi connectivity index (χ1n) is 11.5. The minimum Gasteiger partial charge on any atom is -0.481 e. The number of H-pyrrole nitrogens is 1. The molecule has 10 nitrogen and oxygen atoms in total. The van der Waals surface area contributed by atoms with Gasteiger partial charge in [0.05, 0.1) is 12.8 Å². The molecule has 0 aliphatic heterocycles. The largest absolute Gasteiger partial charge is 0.481 e. The Morgan fingerprint density at radius 2 is 1.71 bits per heavy atom. The van der Waals surface area contributed by atoms with Gasteiger partial charge in [0.2, 0.25) is 11.8 Å². The molecule has 38 heavy (non-hydrogen) atoms. The quantitative estimate of drug-likeness (QED) is 0.351. The van der Waals surface area contributed by atoms with Crippen LogP contribution in [-0.4, -0.2) is 36.4 Å². The maximum atomic E-state index is 13.2. The molecule has 0 fully saturated rings. The minimum absolute atomic E-state index is 0. The van der Waals surface area contributed by atoms with E-state index < -0.39 is 26.4 Å². The zero-order valence-corrected chi connectivity index (χ0v) is 22.3. The highest BCUT2D eigenvalue weighted by molar-refractivity contribution is 7.90. The summed E-state index contributed by atoms with van der Waals surface area (Å²) in [6.45, 7) is 7.52. The molecule has 0 bridgehead atoms. The van der Waals surface area contributed by atoms with Crippen molar-refractivity contribution in [2.24, 2.45) is 0 Å². The third kappa shape index (κ3) is 5.42. The highest BCUT2D eigenvalue weighted by Gasteiger charge is 2.25. The molecule has 0 aliphatic rings. The number of sulfonamides is 1. The van der Waals surface area contributed by atoms with Gasteiger partial charge in [-0.2, -0.15) is 0 Å². The lowest BCUT2D eigenvalue weighted by Crippen LogP contribution is -2.34. The average Bonchev–Trinajstić information content (AvgIpc) is 2.85. The van der Waals surface area contributed by atoms with Gasteiger partial charge in [0.15, 0.2) is 4.90 Å². The molecule has 1 aromatic carbocycles. The molecule has 0 atom stereocenters. The van der Waals surface area contributed by atoms with Crippen molar-refractivity contribution in [2.75, 3.05) is 7.11 Å². The van der Waals surface area contributed by atoms with Gasteiger partial charge in [-0.1, -0.05) is 17.7 Å². The van der Waals surface area contributed by atoms with Crippen LogP contribution in [0, 0.1) is 27.7 Å². The fraction of sp³-hybridized carbons (Fsp3) is 0.185. The first-order chi connectivity index (χ1) is 18.0. The van der Waals surface area contributed by atoms with Crippen LogP contribution in [-0.2, 0) is 10.0 Å². The summed E-state index contributed by atoms with van der Waals surface area (Å²) in [5.74, 6) is -0.164. The number of ether oxygens (including phenoxy) is 2. The Bertz CT molecular complexity index is 1700. The summed E-state index contributed by atoms with van der Waals surface area (Å²) in [6.07, 6.45) is 2.87. The van der Waals surface area contributed by atoms with E-state index in [0.29, 0.717) is 22.9 Å². The minimum atomic E-state index is -4.48. The van der Waals surface area contributed by atoms with E-state index in [1.165, 1.54) is 25.4 Å². The second-order valence-electron chi connectivity index (χ2n) is 8.73. The Hall–Kier alpha value is -4.51. The van der Waals surface area contributed by atoms with Crippen molar-refractivity contribution >= 4 is 15.9 Å². The van der Waals surface area contributed by atoms with Crippen molar-refractivity contribution in [1.29, 1.82) is 0 Å². The Balaban J connectivity index is 0.00000280. The predicted molar refractivity (Wildman–Crippen MR) is 145 cm³/mol. The number of nitrogens with one attached hydrogen (secondary N) is 2. The molecule has 3 heterocycles. The van der Waals surface area contributed by atoms with Gasteiger partial charge in [-0.15, -0.1) is 0 Å². The normalized spacial score (nSPS) is 11.2. The van der Waals surface area contributed by atoms with Crippen molar-refractivity contribution in [1.82, 2.24) is 19.7 Å². The van der Waals surface area contributed by atoms with Crippen molar-refractivity contribution < 1.29 is 25.5 Å². The van der Waals surface area contributed by atoms with Gasteiger partial charge in [-0.3, -0.25) is 9.59 Å². The standard InChI is InChI=1S/C27H26N4O6S.2H2/c1-15-11-16(2)23(17(3)12-15)37-27-20(24(32)31-38(34,35)22-7-6-10-28-25(22)33)8-9-21(30-27)19-13-18(4)26(36-5)29-14-19;;/h6-14H,1-5H3,(H,28,33)(H,31,32);2*1H. The molecule has 4 rings (SSSR count). The number of hydrogen-bond acceptors (Lipinski definition) is 8. The fourth-order valence-electron chi connectivity index (χ4n) is 4.04. The molecule has 200 valence electrons. The first kappa shape index (κ1) is 26.6. The monoisotopic (exact) mass is 538 g/mol. The van der Waals surface area contributed by atoms with Crippen LogP contribution < -0.4 is 19.8 Å². The van der Waals surface area contributed by atoms with Gasteiger partial charge in [-0.25, -0.2) is 23.1 Å². The van der Waals surface area contributed by atoms with E-state index in [1.54, 1.807) is 12.3 Å². The smallest absolute Gasteiger partial charge is 0.270 e. The van der Waals surface area contributed by atoms with Crippen LogP contribution >= 0.6 is 0 Å². The van der Waals surface area contributed by atoms with Crippen LogP contribution in [0.1, 0.15) is 35.5 Å². The predicted octanol–water partition coefficient (Wildman–Crippen LogP) is 4.48. The van der Waals surface area contributed by atoms with Gasteiger partial charge < -0.3 is 14.5 Å². The highest BCUT2D eigenvalue weighted by Crippen LogP contribution is 2.33. The summed E-state index contributed by atoms with van der Waals surface area (Å²) in [7, 11) is -2.95. The number of carbonyl (C=O) groups is 1.